The van der Waals surface area contributed by atoms with Crippen molar-refractivity contribution in [3.8, 4) is 22.6 Å². The molecule has 4 aromatic heterocycles. The number of benzene rings is 2. The standard InChI is InChI=1S/C28H21N2O2.C15H28O2.Ir/c1-28(2,3)23-14-19(12-17-6-4-5-7-21(17)23)26-22-15-25(32-24(22)8-10-29-26)20-13-18-9-11-31-27(18)30-16-20;1-7-14(5,8-2)12(16)11-13(17)15(6,9-3)10-4;/h4-11,13-16H,1-3H3;11,16H,7-10H2,1-6H3;/q-1;;/b;12-11-;. The van der Waals surface area contributed by atoms with Crippen molar-refractivity contribution in [3.63, 3.8) is 0 Å². The zero-order chi connectivity index (χ0) is 35.6. The fourth-order valence-corrected chi connectivity index (χ4v) is 5.98. The van der Waals surface area contributed by atoms with Gasteiger partial charge in [0.15, 0.2) is 5.78 Å². The number of ketones is 1. The molecule has 0 fully saturated rings. The van der Waals surface area contributed by atoms with E-state index in [1.54, 1.807) is 18.7 Å². The van der Waals surface area contributed by atoms with Crippen molar-refractivity contribution in [1.82, 2.24) is 9.97 Å². The second kappa shape index (κ2) is 15.4. The van der Waals surface area contributed by atoms with Gasteiger partial charge in [-0.3, -0.25) is 9.78 Å². The number of aromatic nitrogens is 2. The Bertz CT molecular complexity index is 2120. The number of nitrogens with zero attached hydrogens (tertiary/aromatic N) is 2. The summed E-state index contributed by atoms with van der Waals surface area (Å²) < 4.78 is 11.6. The van der Waals surface area contributed by atoms with E-state index in [0.29, 0.717) is 5.71 Å². The van der Waals surface area contributed by atoms with Crippen molar-refractivity contribution in [2.45, 2.75) is 93.4 Å². The van der Waals surface area contributed by atoms with Crippen LogP contribution in [-0.4, -0.2) is 20.9 Å². The third-order valence-corrected chi connectivity index (χ3v) is 10.5. The fraction of sp³-hybridized carbons (Fsp3) is 0.372. The first-order valence-corrected chi connectivity index (χ1v) is 17.4. The molecule has 0 aliphatic carbocycles. The van der Waals surface area contributed by atoms with Crippen LogP contribution >= 0.6 is 0 Å². The Balaban J connectivity index is 0.000000269. The molecule has 265 valence electrons. The van der Waals surface area contributed by atoms with Crippen LogP contribution in [0.25, 0.3) is 55.4 Å². The maximum absolute atomic E-state index is 12.2. The Hall–Kier alpha value is -4.06. The van der Waals surface area contributed by atoms with E-state index in [1.165, 1.54) is 17.0 Å². The van der Waals surface area contributed by atoms with Crippen LogP contribution < -0.4 is 0 Å². The number of fused-ring (bicyclic) bond motifs is 3. The van der Waals surface area contributed by atoms with Crippen LogP contribution in [0.3, 0.4) is 0 Å². The topological polar surface area (TPSA) is 89.4 Å². The normalized spacial score (nSPS) is 12.5. The van der Waals surface area contributed by atoms with Gasteiger partial charge in [0.25, 0.3) is 0 Å². The van der Waals surface area contributed by atoms with Crippen LogP contribution in [0, 0.1) is 16.9 Å². The maximum Gasteiger partial charge on any atom is 0.225 e. The zero-order valence-corrected chi connectivity index (χ0v) is 33.1. The van der Waals surface area contributed by atoms with Crippen molar-refractivity contribution in [1.29, 1.82) is 0 Å². The molecular weight excluding hydrogens is 801 g/mol. The van der Waals surface area contributed by atoms with E-state index in [4.69, 9.17) is 13.8 Å². The van der Waals surface area contributed by atoms with Crippen molar-refractivity contribution < 1.29 is 38.8 Å². The molecule has 7 heteroatoms. The van der Waals surface area contributed by atoms with E-state index < -0.39 is 0 Å². The zero-order valence-electron chi connectivity index (χ0n) is 30.7. The van der Waals surface area contributed by atoms with Gasteiger partial charge in [-0.1, -0.05) is 91.5 Å². The predicted molar refractivity (Wildman–Crippen MR) is 201 cm³/mol. The molecule has 6 rings (SSSR count). The minimum atomic E-state index is -0.337. The van der Waals surface area contributed by atoms with Gasteiger partial charge in [-0.2, -0.15) is 0 Å². The fourth-order valence-electron chi connectivity index (χ4n) is 5.98. The molecule has 0 bridgehead atoms. The second-order valence-corrected chi connectivity index (χ2v) is 14.5. The third kappa shape index (κ3) is 7.80. The quantitative estimate of drug-likeness (QED) is 0.0885. The number of aliphatic hydroxyl groups excluding tert-OH is 1. The average Bonchev–Trinajstić information content (AvgIpc) is 3.77. The van der Waals surface area contributed by atoms with Crippen molar-refractivity contribution in [2.75, 3.05) is 0 Å². The minimum absolute atomic E-state index is 0. The number of pyridine rings is 2. The molecule has 1 radical (unpaired) electrons. The van der Waals surface area contributed by atoms with Crippen LogP contribution in [0.4, 0.5) is 0 Å². The Morgan fingerprint density at radius 1 is 0.860 bits per heavy atom. The number of carbonyl (C=O) groups is 1. The van der Waals surface area contributed by atoms with Gasteiger partial charge in [0.1, 0.15) is 17.1 Å². The number of hydrogen-bond acceptors (Lipinski definition) is 6. The summed E-state index contributed by atoms with van der Waals surface area (Å²) in [6.07, 6.45) is 9.97. The molecule has 0 saturated heterocycles. The molecule has 0 amide bonds. The van der Waals surface area contributed by atoms with Crippen LogP contribution in [0.15, 0.2) is 93.9 Å². The summed E-state index contributed by atoms with van der Waals surface area (Å²) >= 11 is 0. The Kier molecular flexibility index (Phi) is 12.0. The predicted octanol–water partition coefficient (Wildman–Crippen LogP) is 12.2. The van der Waals surface area contributed by atoms with E-state index >= 15 is 0 Å². The molecule has 0 aliphatic rings. The molecule has 50 heavy (non-hydrogen) atoms. The Morgan fingerprint density at radius 3 is 2.20 bits per heavy atom. The molecule has 0 spiro atoms. The summed E-state index contributed by atoms with van der Waals surface area (Å²) in [5, 5.41) is 14.4. The molecule has 2 aromatic carbocycles. The molecule has 6 nitrogen and oxygen atoms in total. The average molecular weight is 850 g/mol. The van der Waals surface area contributed by atoms with Crippen molar-refractivity contribution >= 4 is 38.6 Å². The summed E-state index contributed by atoms with van der Waals surface area (Å²) in [6, 6.07) is 22.1. The summed E-state index contributed by atoms with van der Waals surface area (Å²) in [4.78, 5) is 21.3. The van der Waals surface area contributed by atoms with E-state index in [-0.39, 0.29) is 47.9 Å². The van der Waals surface area contributed by atoms with E-state index in [2.05, 4.69) is 62.2 Å². The maximum atomic E-state index is 12.2. The SMILES string of the molecule is CC(C)(C)c1cc(-c2nccc3oc(-c4cnc5occc5c4)cc23)[c-]c2ccccc12.CCC(C)(CC)C(=O)/C=C(\O)C(C)(CC)CC.[Ir]. The van der Waals surface area contributed by atoms with Gasteiger partial charge < -0.3 is 13.9 Å². The van der Waals surface area contributed by atoms with Gasteiger partial charge in [0.2, 0.25) is 5.71 Å². The number of hydrogen-bond donors (Lipinski definition) is 1. The summed E-state index contributed by atoms with van der Waals surface area (Å²) in [6.45, 7) is 18.8. The summed E-state index contributed by atoms with van der Waals surface area (Å²) in [5.41, 5.74) is 4.81. The molecule has 4 heterocycles. The van der Waals surface area contributed by atoms with Crippen LogP contribution in [0.2, 0.25) is 0 Å². The smallest absolute Gasteiger partial charge is 0.225 e. The van der Waals surface area contributed by atoms with E-state index in [1.807, 2.05) is 65.8 Å². The number of furan rings is 2. The van der Waals surface area contributed by atoms with Gasteiger partial charge in [0.05, 0.1) is 6.26 Å². The molecule has 0 atom stereocenters. The number of rotatable bonds is 9. The van der Waals surface area contributed by atoms with Crippen LogP contribution in [0.1, 0.15) is 93.6 Å². The van der Waals surface area contributed by atoms with Crippen LogP contribution in [-0.2, 0) is 30.3 Å². The third-order valence-electron chi connectivity index (χ3n) is 10.5. The Morgan fingerprint density at radius 2 is 1.54 bits per heavy atom. The summed E-state index contributed by atoms with van der Waals surface area (Å²) in [7, 11) is 0. The van der Waals surface area contributed by atoms with Crippen molar-refractivity contribution in [3.05, 3.63) is 96.7 Å². The van der Waals surface area contributed by atoms with E-state index in [9.17, 15) is 9.90 Å². The molecule has 1 N–H and O–H groups in total. The second-order valence-electron chi connectivity index (χ2n) is 14.5. The molecule has 0 aliphatic heterocycles. The first-order valence-electron chi connectivity index (χ1n) is 17.4. The first kappa shape index (κ1) is 38.7. The van der Waals surface area contributed by atoms with Crippen molar-refractivity contribution in [2.24, 2.45) is 10.8 Å². The van der Waals surface area contributed by atoms with Crippen LogP contribution in [0.5, 0.6) is 0 Å². The monoisotopic (exact) mass is 850 g/mol. The number of carbonyl (C=O) groups excluding carboxylic acids is 1. The van der Waals surface area contributed by atoms with Gasteiger partial charge >= 0.3 is 0 Å². The summed E-state index contributed by atoms with van der Waals surface area (Å²) in [5.74, 6) is 1.04. The minimum Gasteiger partial charge on any atom is -0.512 e. The first-order chi connectivity index (χ1) is 23.3. The largest absolute Gasteiger partial charge is 0.512 e. The van der Waals surface area contributed by atoms with Gasteiger partial charge in [0, 0.05) is 71.4 Å². The molecule has 0 saturated carbocycles. The molecule has 6 aromatic rings. The number of aliphatic hydroxyl groups is 1. The molecular formula is C43H49IrN2O4-. The Labute approximate surface area is 309 Å². The van der Waals surface area contributed by atoms with Gasteiger partial charge in [-0.05, 0) is 55.4 Å². The van der Waals surface area contributed by atoms with Gasteiger partial charge in [-0.15, -0.1) is 29.1 Å². The number of allylic oxidation sites excluding steroid dienone is 2. The van der Waals surface area contributed by atoms with Gasteiger partial charge in [-0.25, -0.2) is 4.98 Å². The van der Waals surface area contributed by atoms with E-state index in [0.717, 1.165) is 70.0 Å². The molecule has 0 unspecified atom stereocenters.